The van der Waals surface area contributed by atoms with Crippen molar-refractivity contribution in [2.75, 3.05) is 25.4 Å². The summed E-state index contributed by atoms with van der Waals surface area (Å²) in [6.07, 6.45) is 2.14. The van der Waals surface area contributed by atoms with Gasteiger partial charge in [-0.1, -0.05) is 30.3 Å². The minimum Gasteiger partial charge on any atom is -0.355 e. The molecule has 6 heteroatoms. The van der Waals surface area contributed by atoms with E-state index in [0.29, 0.717) is 13.1 Å². The Bertz CT molecular complexity index is 537. The normalized spacial score (nSPS) is 16.2. The molecule has 2 rings (SSSR count). The van der Waals surface area contributed by atoms with Crippen LogP contribution in [0.15, 0.2) is 30.3 Å². The van der Waals surface area contributed by atoms with Crippen molar-refractivity contribution < 1.29 is 13.2 Å². The van der Waals surface area contributed by atoms with Gasteiger partial charge in [-0.2, -0.15) is 0 Å². The molecule has 1 fully saturated rings. The van der Waals surface area contributed by atoms with Crippen molar-refractivity contribution in [2.45, 2.75) is 19.3 Å². The van der Waals surface area contributed by atoms with Gasteiger partial charge in [0.15, 0.2) is 0 Å². The van der Waals surface area contributed by atoms with E-state index < -0.39 is 10.0 Å². The zero-order valence-electron chi connectivity index (χ0n) is 11.4. The van der Waals surface area contributed by atoms with E-state index in [1.807, 2.05) is 30.3 Å². The predicted molar refractivity (Wildman–Crippen MR) is 77.7 cm³/mol. The molecule has 0 spiro atoms. The molecule has 20 heavy (non-hydrogen) atoms. The molecule has 1 aliphatic rings. The number of nitrogens with one attached hydrogen (secondary N) is 1. The fourth-order valence-corrected chi connectivity index (χ4v) is 3.69. The van der Waals surface area contributed by atoms with E-state index in [1.165, 1.54) is 4.31 Å². The maximum Gasteiger partial charge on any atom is 0.224 e. The second kappa shape index (κ2) is 6.85. The Hall–Kier alpha value is -1.40. The third-order valence-corrected chi connectivity index (χ3v) is 5.22. The van der Waals surface area contributed by atoms with Crippen molar-refractivity contribution in [3.8, 4) is 0 Å². The van der Waals surface area contributed by atoms with E-state index >= 15 is 0 Å². The van der Waals surface area contributed by atoms with Gasteiger partial charge in [-0.25, -0.2) is 12.7 Å². The fourth-order valence-electron chi connectivity index (χ4n) is 2.26. The van der Waals surface area contributed by atoms with Crippen LogP contribution in [-0.2, 0) is 21.2 Å². The summed E-state index contributed by atoms with van der Waals surface area (Å²) in [4.78, 5) is 11.7. The van der Waals surface area contributed by atoms with E-state index in [2.05, 4.69) is 5.32 Å². The molecule has 0 unspecified atom stereocenters. The second-order valence-electron chi connectivity index (χ2n) is 4.93. The molecule has 0 radical (unpaired) electrons. The Morgan fingerprint density at radius 3 is 2.45 bits per heavy atom. The average molecular weight is 296 g/mol. The summed E-state index contributed by atoms with van der Waals surface area (Å²) >= 11 is 0. The van der Waals surface area contributed by atoms with E-state index in [4.69, 9.17) is 0 Å². The highest BCUT2D eigenvalue weighted by Crippen LogP contribution is 2.12. The van der Waals surface area contributed by atoms with Gasteiger partial charge < -0.3 is 5.32 Å². The van der Waals surface area contributed by atoms with Crippen molar-refractivity contribution >= 4 is 15.9 Å². The maximum absolute atomic E-state index is 11.9. The Balaban J connectivity index is 1.74. The number of sulfonamides is 1. The van der Waals surface area contributed by atoms with Gasteiger partial charge in [-0.15, -0.1) is 0 Å². The molecule has 0 bridgehead atoms. The number of carbonyl (C=O) groups is 1. The van der Waals surface area contributed by atoms with Gasteiger partial charge in [-0.3, -0.25) is 4.79 Å². The number of rotatable bonds is 6. The van der Waals surface area contributed by atoms with Gasteiger partial charge in [0.05, 0.1) is 12.2 Å². The van der Waals surface area contributed by atoms with Crippen LogP contribution in [0.25, 0.3) is 0 Å². The minimum absolute atomic E-state index is 0.0203. The molecule has 0 saturated carbocycles. The first-order valence-electron chi connectivity index (χ1n) is 6.86. The van der Waals surface area contributed by atoms with Crippen LogP contribution in [0.5, 0.6) is 0 Å². The topological polar surface area (TPSA) is 66.5 Å². The van der Waals surface area contributed by atoms with Gasteiger partial charge in [-0.05, 0) is 18.4 Å². The quantitative estimate of drug-likeness (QED) is 0.843. The van der Waals surface area contributed by atoms with Crippen LogP contribution in [0.1, 0.15) is 18.4 Å². The number of nitrogens with zero attached hydrogens (tertiary/aromatic N) is 1. The van der Waals surface area contributed by atoms with Crippen LogP contribution in [0.3, 0.4) is 0 Å². The highest BCUT2D eigenvalue weighted by atomic mass is 32.2. The zero-order chi connectivity index (χ0) is 14.4. The van der Waals surface area contributed by atoms with Crippen LogP contribution in [-0.4, -0.2) is 44.0 Å². The summed E-state index contributed by atoms with van der Waals surface area (Å²) in [5.74, 6) is -0.166. The summed E-state index contributed by atoms with van der Waals surface area (Å²) in [6.45, 7) is 1.39. The molecule has 1 heterocycles. The van der Waals surface area contributed by atoms with Crippen molar-refractivity contribution in [2.24, 2.45) is 0 Å². The summed E-state index contributed by atoms with van der Waals surface area (Å²) < 4.78 is 25.4. The Morgan fingerprint density at radius 1 is 1.15 bits per heavy atom. The summed E-state index contributed by atoms with van der Waals surface area (Å²) in [5, 5.41) is 2.67. The first kappa shape index (κ1) is 15.0. The first-order chi connectivity index (χ1) is 9.58. The number of hydrogen-bond acceptors (Lipinski definition) is 3. The van der Waals surface area contributed by atoms with Gasteiger partial charge in [0.25, 0.3) is 0 Å². The third-order valence-electron chi connectivity index (χ3n) is 3.35. The van der Waals surface area contributed by atoms with Crippen molar-refractivity contribution in [3.63, 3.8) is 0 Å². The van der Waals surface area contributed by atoms with Crippen LogP contribution in [0.2, 0.25) is 0 Å². The molecule has 1 amide bonds. The number of hydrogen-bond donors (Lipinski definition) is 1. The predicted octanol–water partition coefficient (Wildman–Crippen LogP) is 0.771. The summed E-state index contributed by atoms with van der Waals surface area (Å²) in [5.41, 5.74) is 0.924. The van der Waals surface area contributed by atoms with Crippen molar-refractivity contribution in [1.82, 2.24) is 9.62 Å². The highest BCUT2D eigenvalue weighted by Gasteiger charge is 2.24. The van der Waals surface area contributed by atoms with E-state index in [9.17, 15) is 13.2 Å². The Kier molecular flexibility index (Phi) is 5.14. The lowest BCUT2D eigenvalue weighted by Crippen LogP contribution is -2.36. The molecule has 0 atom stereocenters. The standard InChI is InChI=1S/C14H20N2O3S/c17-14(12-13-6-2-1-3-7-13)15-8-11-20(18,19)16-9-4-5-10-16/h1-3,6-7H,4-5,8-12H2,(H,15,17). The monoisotopic (exact) mass is 296 g/mol. The van der Waals surface area contributed by atoms with E-state index in [0.717, 1.165) is 18.4 Å². The second-order valence-corrected chi connectivity index (χ2v) is 7.02. The summed E-state index contributed by atoms with van der Waals surface area (Å²) in [6, 6.07) is 9.39. The third kappa shape index (κ3) is 4.31. The molecule has 1 N–H and O–H groups in total. The number of carbonyl (C=O) groups excluding carboxylic acids is 1. The SMILES string of the molecule is O=C(Cc1ccccc1)NCCS(=O)(=O)N1CCCC1. The molecule has 1 aliphatic heterocycles. The summed E-state index contributed by atoms with van der Waals surface area (Å²) in [7, 11) is -3.21. The van der Waals surface area contributed by atoms with Crippen LogP contribution >= 0.6 is 0 Å². The molecular weight excluding hydrogens is 276 g/mol. The van der Waals surface area contributed by atoms with Crippen molar-refractivity contribution in [3.05, 3.63) is 35.9 Å². The maximum atomic E-state index is 11.9. The lowest BCUT2D eigenvalue weighted by molar-refractivity contribution is -0.120. The van der Waals surface area contributed by atoms with Gasteiger partial charge in [0.2, 0.25) is 15.9 Å². The first-order valence-corrected chi connectivity index (χ1v) is 8.47. The zero-order valence-corrected chi connectivity index (χ0v) is 12.2. The Morgan fingerprint density at radius 2 is 1.80 bits per heavy atom. The lowest BCUT2D eigenvalue weighted by atomic mass is 10.1. The fraction of sp³-hybridized carbons (Fsp3) is 0.500. The molecule has 0 aromatic heterocycles. The molecule has 1 aromatic rings. The smallest absolute Gasteiger partial charge is 0.224 e. The van der Waals surface area contributed by atoms with Crippen LogP contribution < -0.4 is 5.32 Å². The van der Waals surface area contributed by atoms with Gasteiger partial charge >= 0.3 is 0 Å². The molecule has 110 valence electrons. The molecule has 1 aromatic carbocycles. The van der Waals surface area contributed by atoms with Crippen molar-refractivity contribution in [1.29, 1.82) is 0 Å². The minimum atomic E-state index is -3.21. The molecule has 5 nitrogen and oxygen atoms in total. The largest absolute Gasteiger partial charge is 0.355 e. The van der Waals surface area contributed by atoms with E-state index in [1.54, 1.807) is 0 Å². The lowest BCUT2D eigenvalue weighted by Gasteiger charge is -2.15. The molecular formula is C14H20N2O3S. The number of benzene rings is 1. The highest BCUT2D eigenvalue weighted by molar-refractivity contribution is 7.89. The molecule has 0 aliphatic carbocycles. The van der Waals surface area contributed by atoms with Gasteiger partial charge in [0.1, 0.15) is 0 Å². The molecule has 1 saturated heterocycles. The average Bonchev–Trinajstić information content (AvgIpc) is 2.94. The number of amides is 1. The van der Waals surface area contributed by atoms with Crippen LogP contribution in [0, 0.1) is 0 Å². The Labute approximate surface area is 120 Å². The van der Waals surface area contributed by atoms with Gasteiger partial charge in [0, 0.05) is 19.6 Å². The van der Waals surface area contributed by atoms with E-state index in [-0.39, 0.29) is 24.6 Å². The van der Waals surface area contributed by atoms with Crippen LogP contribution in [0.4, 0.5) is 0 Å².